The average molecular weight is 346 g/mol. The first-order valence-corrected chi connectivity index (χ1v) is 8.95. The highest BCUT2D eigenvalue weighted by molar-refractivity contribution is 6.02. The van der Waals surface area contributed by atoms with Gasteiger partial charge in [0.05, 0.1) is 6.61 Å². The number of piperidine rings is 1. The number of likely N-dealkylation sites (tertiary alicyclic amines) is 1. The van der Waals surface area contributed by atoms with Crippen LogP contribution in [0.4, 0.5) is 0 Å². The van der Waals surface area contributed by atoms with Crippen molar-refractivity contribution in [3.05, 3.63) is 29.8 Å². The summed E-state index contributed by atoms with van der Waals surface area (Å²) in [6.45, 7) is 6.84. The minimum absolute atomic E-state index is 0.137. The van der Waals surface area contributed by atoms with Crippen LogP contribution in [0.15, 0.2) is 24.3 Å². The van der Waals surface area contributed by atoms with Crippen molar-refractivity contribution in [2.45, 2.75) is 38.8 Å². The maximum Gasteiger partial charge on any atom is 0.238 e. The summed E-state index contributed by atoms with van der Waals surface area (Å²) in [5.74, 6) is -0.634. The van der Waals surface area contributed by atoms with Gasteiger partial charge in [0.1, 0.15) is 11.7 Å². The van der Waals surface area contributed by atoms with Crippen molar-refractivity contribution in [1.29, 1.82) is 0 Å². The van der Waals surface area contributed by atoms with E-state index in [1.54, 1.807) is 4.90 Å². The van der Waals surface area contributed by atoms with E-state index in [0.717, 1.165) is 5.56 Å². The first-order valence-electron chi connectivity index (χ1n) is 8.95. The number of nitrogens with zero attached hydrogens (tertiary/aromatic N) is 2. The van der Waals surface area contributed by atoms with Crippen LogP contribution < -0.4 is 4.74 Å². The summed E-state index contributed by atoms with van der Waals surface area (Å²) in [6.07, 6.45) is 0.549. The Morgan fingerprint density at radius 3 is 2.68 bits per heavy atom. The molecule has 1 aromatic rings. The van der Waals surface area contributed by atoms with Gasteiger partial charge in [-0.05, 0) is 32.4 Å². The molecule has 2 heterocycles. The van der Waals surface area contributed by atoms with Crippen LogP contribution in [-0.2, 0) is 9.59 Å². The van der Waals surface area contributed by atoms with Gasteiger partial charge in [0.2, 0.25) is 11.8 Å². The first kappa shape index (κ1) is 17.7. The third-order valence-electron chi connectivity index (χ3n) is 5.42. The lowest BCUT2D eigenvalue weighted by atomic mass is 9.73. The fourth-order valence-electron chi connectivity index (χ4n) is 4.17. The van der Waals surface area contributed by atoms with Crippen LogP contribution in [0.25, 0.3) is 0 Å². The maximum absolute atomic E-state index is 13.2. The van der Waals surface area contributed by atoms with Gasteiger partial charge >= 0.3 is 0 Å². The standard InChI is InChI=1S/C19H26N2O4/c1-4-20(5-2)17(23)16-14-12-19(3,21(10-11-22)18(16)24)25-15-9-7-6-8-13(14)15/h6-9,14,16,22H,4-5,10-12H2,1-3H3/t14-,16-,19+/m0/s1. The lowest BCUT2D eigenvalue weighted by Gasteiger charge is -2.53. The van der Waals surface area contributed by atoms with Crippen LogP contribution in [0.3, 0.4) is 0 Å². The van der Waals surface area contributed by atoms with Crippen LogP contribution >= 0.6 is 0 Å². The molecule has 0 unspecified atom stereocenters. The minimum atomic E-state index is -0.834. The third-order valence-corrected chi connectivity index (χ3v) is 5.42. The zero-order chi connectivity index (χ0) is 18.2. The number of benzene rings is 1. The van der Waals surface area contributed by atoms with Crippen LogP contribution in [0.1, 0.15) is 38.7 Å². The zero-order valence-electron chi connectivity index (χ0n) is 15.1. The van der Waals surface area contributed by atoms with Crippen molar-refractivity contribution < 1.29 is 19.4 Å². The minimum Gasteiger partial charge on any atom is -0.468 e. The van der Waals surface area contributed by atoms with E-state index in [1.165, 1.54) is 4.90 Å². The van der Waals surface area contributed by atoms with Gasteiger partial charge in [-0.1, -0.05) is 18.2 Å². The Hall–Kier alpha value is -2.08. The molecule has 6 nitrogen and oxygen atoms in total. The highest BCUT2D eigenvalue weighted by Crippen LogP contribution is 2.50. The monoisotopic (exact) mass is 346 g/mol. The molecule has 2 aliphatic rings. The van der Waals surface area contributed by atoms with E-state index in [0.29, 0.717) is 25.3 Å². The number of para-hydroxylation sites is 1. The van der Waals surface area contributed by atoms with Gasteiger partial charge in [0.15, 0.2) is 5.72 Å². The van der Waals surface area contributed by atoms with Crippen LogP contribution in [0.2, 0.25) is 0 Å². The summed E-state index contributed by atoms with van der Waals surface area (Å²) < 4.78 is 6.14. The summed E-state index contributed by atoms with van der Waals surface area (Å²) in [6, 6.07) is 7.62. The van der Waals surface area contributed by atoms with Gasteiger partial charge in [-0.15, -0.1) is 0 Å². The molecule has 0 saturated carbocycles. The number of hydrogen-bond acceptors (Lipinski definition) is 4. The Morgan fingerprint density at radius 1 is 1.36 bits per heavy atom. The van der Waals surface area contributed by atoms with E-state index < -0.39 is 11.6 Å². The number of aliphatic hydroxyl groups excluding tert-OH is 1. The number of ether oxygens (including phenoxy) is 1. The van der Waals surface area contributed by atoms with Gasteiger partial charge in [-0.2, -0.15) is 0 Å². The van der Waals surface area contributed by atoms with Crippen molar-refractivity contribution in [1.82, 2.24) is 9.80 Å². The number of carbonyl (C=O) groups excluding carboxylic acids is 2. The van der Waals surface area contributed by atoms with E-state index in [-0.39, 0.29) is 30.9 Å². The molecule has 0 spiro atoms. The molecule has 1 fully saturated rings. The molecule has 25 heavy (non-hydrogen) atoms. The molecule has 2 bridgehead atoms. The topological polar surface area (TPSA) is 70.1 Å². The van der Waals surface area contributed by atoms with Gasteiger partial charge in [0, 0.05) is 32.0 Å². The first-order chi connectivity index (χ1) is 12.0. The summed E-state index contributed by atoms with van der Waals surface area (Å²) in [5, 5.41) is 9.42. The van der Waals surface area contributed by atoms with E-state index in [1.807, 2.05) is 45.0 Å². The highest BCUT2D eigenvalue weighted by atomic mass is 16.5. The molecule has 1 aromatic carbocycles. The van der Waals surface area contributed by atoms with Crippen molar-refractivity contribution in [2.75, 3.05) is 26.2 Å². The molecule has 6 heteroatoms. The molecule has 3 atom stereocenters. The third kappa shape index (κ3) is 2.78. The van der Waals surface area contributed by atoms with Crippen LogP contribution in [0, 0.1) is 5.92 Å². The molecular weight excluding hydrogens is 320 g/mol. The van der Waals surface area contributed by atoms with Crippen LogP contribution in [0.5, 0.6) is 5.75 Å². The normalized spacial score (nSPS) is 27.5. The second-order valence-electron chi connectivity index (χ2n) is 6.83. The fraction of sp³-hybridized carbons (Fsp3) is 0.579. The lowest BCUT2D eigenvalue weighted by molar-refractivity contribution is -0.179. The smallest absolute Gasteiger partial charge is 0.238 e. The number of rotatable bonds is 5. The molecule has 0 aliphatic carbocycles. The largest absolute Gasteiger partial charge is 0.468 e. The number of fused-ring (bicyclic) bond motifs is 4. The van der Waals surface area contributed by atoms with Gasteiger partial charge in [-0.25, -0.2) is 0 Å². The number of aliphatic hydroxyl groups is 1. The van der Waals surface area contributed by atoms with Gasteiger partial charge < -0.3 is 19.6 Å². The Labute approximate surface area is 148 Å². The van der Waals surface area contributed by atoms with Gasteiger partial charge in [-0.3, -0.25) is 9.59 Å². The van der Waals surface area contributed by atoms with E-state index in [2.05, 4.69) is 0 Å². The predicted octanol–water partition coefficient (Wildman–Crippen LogP) is 1.59. The van der Waals surface area contributed by atoms with Crippen molar-refractivity contribution >= 4 is 11.8 Å². The Balaban J connectivity index is 2.09. The second kappa shape index (κ2) is 6.67. The number of carbonyl (C=O) groups is 2. The van der Waals surface area contributed by atoms with E-state index in [4.69, 9.17) is 4.74 Å². The zero-order valence-corrected chi connectivity index (χ0v) is 15.1. The molecule has 0 radical (unpaired) electrons. The Bertz CT molecular complexity index is 673. The molecule has 3 rings (SSSR count). The SMILES string of the molecule is CCN(CC)C(=O)[C@H]1C(=O)N(CCO)[C@@]2(C)C[C@H]1c1ccccc1O2. The summed E-state index contributed by atoms with van der Waals surface area (Å²) >= 11 is 0. The second-order valence-corrected chi connectivity index (χ2v) is 6.83. The molecule has 136 valence electrons. The quantitative estimate of drug-likeness (QED) is 0.822. The highest BCUT2D eigenvalue weighted by Gasteiger charge is 2.56. The molecular formula is C19H26N2O4. The van der Waals surface area contributed by atoms with Gasteiger partial charge in [0.25, 0.3) is 0 Å². The fourth-order valence-corrected chi connectivity index (χ4v) is 4.17. The molecule has 0 aromatic heterocycles. The summed E-state index contributed by atoms with van der Waals surface area (Å²) in [5.41, 5.74) is 0.0845. The predicted molar refractivity (Wildman–Crippen MR) is 93.0 cm³/mol. The van der Waals surface area contributed by atoms with E-state index >= 15 is 0 Å². The summed E-state index contributed by atoms with van der Waals surface area (Å²) in [4.78, 5) is 29.6. The lowest BCUT2D eigenvalue weighted by Crippen LogP contribution is -2.65. The Morgan fingerprint density at radius 2 is 2.04 bits per heavy atom. The molecule has 1 N–H and O–H groups in total. The number of amides is 2. The molecule has 1 saturated heterocycles. The van der Waals surface area contributed by atoms with E-state index in [9.17, 15) is 14.7 Å². The van der Waals surface area contributed by atoms with Crippen LogP contribution in [-0.4, -0.2) is 58.7 Å². The molecule has 2 amide bonds. The number of hydrogen-bond donors (Lipinski definition) is 1. The van der Waals surface area contributed by atoms with Crippen molar-refractivity contribution in [2.24, 2.45) is 5.92 Å². The number of β-amino-alcohol motifs (C(OH)–C–C–N with tert-alkyl or cyclic N) is 1. The van der Waals surface area contributed by atoms with Crippen molar-refractivity contribution in [3.8, 4) is 5.75 Å². The summed E-state index contributed by atoms with van der Waals surface area (Å²) in [7, 11) is 0. The maximum atomic E-state index is 13.2. The molecule has 2 aliphatic heterocycles. The van der Waals surface area contributed by atoms with Crippen molar-refractivity contribution in [3.63, 3.8) is 0 Å². The average Bonchev–Trinajstić information content (AvgIpc) is 2.59. The Kier molecular flexibility index (Phi) is 4.73.